The molecule has 7 nitrogen and oxygen atoms in total. The lowest BCUT2D eigenvalue weighted by Gasteiger charge is -2.34. The van der Waals surface area contributed by atoms with E-state index >= 15 is 0 Å². The van der Waals surface area contributed by atoms with Gasteiger partial charge in [0, 0.05) is 35.7 Å². The van der Waals surface area contributed by atoms with Gasteiger partial charge in [-0.25, -0.2) is 0 Å². The van der Waals surface area contributed by atoms with Crippen LogP contribution in [0, 0.1) is 0 Å². The fourth-order valence-corrected chi connectivity index (χ4v) is 6.66. The molecule has 0 saturated heterocycles. The van der Waals surface area contributed by atoms with E-state index in [1.54, 1.807) is 7.11 Å². The number of halogens is 1. The highest BCUT2D eigenvalue weighted by Gasteiger charge is 2.22. The number of unbranched alkanes of at least 4 members (excludes halogenated alkanes) is 3. The molecule has 1 atom stereocenters. The Morgan fingerprint density at radius 3 is 2.34 bits per heavy atom. The fourth-order valence-electron chi connectivity index (χ4n) is 6.16. The molecule has 4 rings (SSSR count). The van der Waals surface area contributed by atoms with Crippen molar-refractivity contribution in [1.29, 1.82) is 0 Å². The molecule has 0 heterocycles. The summed E-state index contributed by atoms with van der Waals surface area (Å²) in [5.41, 5.74) is 9.79. The molecule has 0 spiro atoms. The summed E-state index contributed by atoms with van der Waals surface area (Å²) in [6, 6.07) is 16.5. The number of rotatable bonds is 15. The van der Waals surface area contributed by atoms with Crippen LogP contribution >= 0.6 is 15.9 Å². The summed E-state index contributed by atoms with van der Waals surface area (Å²) in [5.74, 6) is 0.579. The number of nitrogens with two attached hydrogens (primary N) is 1. The van der Waals surface area contributed by atoms with Crippen LogP contribution in [0.25, 0.3) is 10.8 Å². The van der Waals surface area contributed by atoms with Crippen molar-refractivity contribution in [2.45, 2.75) is 90.1 Å². The number of carbonyl (C=O) groups excluding carboxylic acids is 2. The van der Waals surface area contributed by atoms with Crippen LogP contribution in [-0.2, 0) is 11.3 Å². The number of benzene rings is 3. The minimum Gasteiger partial charge on any atom is -0.497 e. The SMILES string of the molecule is CCN(Cc1cc(C(=O)NCCCCCCNC(=O)C(C)c2ccc3cc(OC)ccc3c2)cc(Br)c1N)C1CCCCC1. The number of nitrogens with zero attached hydrogens (tertiary/aromatic N) is 1. The van der Waals surface area contributed by atoms with Crippen molar-refractivity contribution < 1.29 is 14.3 Å². The monoisotopic (exact) mass is 664 g/mol. The highest BCUT2D eigenvalue weighted by atomic mass is 79.9. The minimum absolute atomic E-state index is 0.0416. The number of fused-ring (bicyclic) bond motifs is 1. The van der Waals surface area contributed by atoms with E-state index in [-0.39, 0.29) is 17.7 Å². The van der Waals surface area contributed by atoms with Gasteiger partial charge in [0.25, 0.3) is 5.91 Å². The Hall–Kier alpha value is -3.10. The van der Waals surface area contributed by atoms with Gasteiger partial charge in [0.05, 0.1) is 18.7 Å². The van der Waals surface area contributed by atoms with Crippen LogP contribution in [0.4, 0.5) is 5.69 Å². The summed E-state index contributed by atoms with van der Waals surface area (Å²) < 4.78 is 6.08. The molecule has 1 unspecified atom stereocenters. The van der Waals surface area contributed by atoms with Crippen LogP contribution in [-0.4, -0.2) is 49.5 Å². The van der Waals surface area contributed by atoms with E-state index in [0.717, 1.165) is 76.6 Å². The molecule has 1 saturated carbocycles. The largest absolute Gasteiger partial charge is 0.497 e. The third kappa shape index (κ3) is 9.21. The number of ether oxygens (including phenoxy) is 1. The normalized spacial score (nSPS) is 14.5. The molecule has 44 heavy (non-hydrogen) atoms. The van der Waals surface area contributed by atoms with E-state index in [1.165, 1.54) is 32.1 Å². The number of amides is 2. The van der Waals surface area contributed by atoms with Gasteiger partial charge in [-0.05, 0) is 101 Å². The predicted octanol–water partition coefficient (Wildman–Crippen LogP) is 7.56. The zero-order valence-electron chi connectivity index (χ0n) is 26.6. The zero-order valence-corrected chi connectivity index (χ0v) is 28.2. The number of nitrogen functional groups attached to an aromatic ring is 1. The van der Waals surface area contributed by atoms with Crippen molar-refractivity contribution in [1.82, 2.24) is 15.5 Å². The van der Waals surface area contributed by atoms with E-state index in [1.807, 2.05) is 49.4 Å². The molecule has 3 aromatic carbocycles. The van der Waals surface area contributed by atoms with Gasteiger partial charge in [-0.3, -0.25) is 14.5 Å². The smallest absolute Gasteiger partial charge is 0.251 e. The number of methoxy groups -OCH3 is 1. The maximum Gasteiger partial charge on any atom is 0.251 e. The molecule has 1 aliphatic rings. The standard InChI is InChI=1S/C36H49BrN4O3/c1-4-41(31-12-8-7-9-13-31)24-30-21-29(23-33(37)34(30)38)36(43)40-19-11-6-5-10-18-39-35(42)25(2)26-14-15-28-22-32(44-3)17-16-27(28)20-26/h14-17,20-23,25,31H,4-13,18-19,24,38H2,1-3H3,(H,39,42)(H,40,43). The Morgan fingerprint density at radius 2 is 1.64 bits per heavy atom. The number of hydrogen-bond donors (Lipinski definition) is 3. The van der Waals surface area contributed by atoms with Gasteiger partial charge in [-0.15, -0.1) is 0 Å². The summed E-state index contributed by atoms with van der Waals surface area (Å²) in [7, 11) is 1.66. The van der Waals surface area contributed by atoms with Crippen molar-refractivity contribution in [3.05, 3.63) is 69.7 Å². The number of carbonyl (C=O) groups is 2. The Balaban J connectivity index is 1.15. The van der Waals surface area contributed by atoms with E-state index in [0.29, 0.717) is 24.7 Å². The predicted molar refractivity (Wildman–Crippen MR) is 184 cm³/mol. The third-order valence-electron chi connectivity index (χ3n) is 9.00. The Kier molecular flexibility index (Phi) is 12.9. The molecule has 1 aliphatic carbocycles. The van der Waals surface area contributed by atoms with Crippen LogP contribution < -0.4 is 21.1 Å². The van der Waals surface area contributed by atoms with E-state index < -0.39 is 0 Å². The number of nitrogens with one attached hydrogen (secondary N) is 2. The second-order valence-corrected chi connectivity index (χ2v) is 12.9. The summed E-state index contributed by atoms with van der Waals surface area (Å²) in [6.07, 6.45) is 10.2. The fraction of sp³-hybridized carbons (Fsp3) is 0.500. The Morgan fingerprint density at radius 1 is 0.955 bits per heavy atom. The average Bonchev–Trinajstić information content (AvgIpc) is 3.05. The molecule has 0 aromatic heterocycles. The van der Waals surface area contributed by atoms with Gasteiger partial charge < -0.3 is 21.1 Å². The first-order valence-corrected chi connectivity index (χ1v) is 17.1. The molecule has 8 heteroatoms. The first-order chi connectivity index (χ1) is 21.3. The van der Waals surface area contributed by atoms with Gasteiger partial charge in [0.1, 0.15) is 5.75 Å². The van der Waals surface area contributed by atoms with Crippen molar-refractivity contribution in [2.24, 2.45) is 0 Å². The first-order valence-electron chi connectivity index (χ1n) is 16.3. The highest BCUT2D eigenvalue weighted by molar-refractivity contribution is 9.10. The third-order valence-corrected chi connectivity index (χ3v) is 9.66. The molecule has 3 aromatic rings. The maximum absolute atomic E-state index is 13.0. The van der Waals surface area contributed by atoms with Crippen LogP contribution in [0.1, 0.15) is 99.0 Å². The molecule has 0 aliphatic heterocycles. The summed E-state index contributed by atoms with van der Waals surface area (Å²) in [6.45, 7) is 7.16. The Labute approximate surface area is 271 Å². The van der Waals surface area contributed by atoms with Gasteiger partial charge in [0.15, 0.2) is 0 Å². The van der Waals surface area contributed by atoms with Gasteiger partial charge in [0.2, 0.25) is 5.91 Å². The maximum atomic E-state index is 13.0. The van der Waals surface area contributed by atoms with Crippen LogP contribution in [0.15, 0.2) is 53.0 Å². The first kappa shape index (κ1) is 33.8. The molecule has 4 N–H and O–H groups in total. The van der Waals surface area contributed by atoms with Crippen LogP contribution in [0.2, 0.25) is 0 Å². The summed E-state index contributed by atoms with van der Waals surface area (Å²) >= 11 is 3.58. The highest BCUT2D eigenvalue weighted by Crippen LogP contribution is 2.30. The van der Waals surface area contributed by atoms with Crippen LogP contribution in [0.5, 0.6) is 5.75 Å². The average molecular weight is 666 g/mol. The molecular weight excluding hydrogens is 616 g/mol. The molecule has 0 bridgehead atoms. The quantitative estimate of drug-likeness (QED) is 0.115. The van der Waals surface area contributed by atoms with E-state index in [2.05, 4.69) is 44.5 Å². The van der Waals surface area contributed by atoms with Gasteiger partial charge in [-0.1, -0.05) is 63.3 Å². The lowest BCUT2D eigenvalue weighted by molar-refractivity contribution is -0.122. The van der Waals surface area contributed by atoms with E-state index in [4.69, 9.17) is 10.5 Å². The van der Waals surface area contributed by atoms with E-state index in [9.17, 15) is 9.59 Å². The van der Waals surface area contributed by atoms with Crippen molar-refractivity contribution in [3.8, 4) is 5.75 Å². The minimum atomic E-state index is -0.220. The summed E-state index contributed by atoms with van der Waals surface area (Å²) in [5, 5.41) is 8.35. The van der Waals surface area contributed by atoms with Gasteiger partial charge in [-0.2, -0.15) is 0 Å². The summed E-state index contributed by atoms with van der Waals surface area (Å²) in [4.78, 5) is 28.2. The van der Waals surface area contributed by atoms with Crippen LogP contribution in [0.3, 0.4) is 0 Å². The number of hydrogen-bond acceptors (Lipinski definition) is 5. The molecule has 1 fully saturated rings. The number of anilines is 1. The Bertz CT molecular complexity index is 1410. The van der Waals surface area contributed by atoms with Crippen molar-refractivity contribution in [3.63, 3.8) is 0 Å². The second-order valence-electron chi connectivity index (χ2n) is 12.0. The topological polar surface area (TPSA) is 96.7 Å². The van der Waals surface area contributed by atoms with Gasteiger partial charge >= 0.3 is 0 Å². The molecule has 238 valence electrons. The lowest BCUT2D eigenvalue weighted by Crippen LogP contribution is -2.36. The van der Waals surface area contributed by atoms with Crippen molar-refractivity contribution in [2.75, 3.05) is 32.5 Å². The lowest BCUT2D eigenvalue weighted by atomic mass is 9.93. The zero-order chi connectivity index (χ0) is 31.5. The van der Waals surface area contributed by atoms with Crippen molar-refractivity contribution >= 4 is 44.2 Å². The molecular formula is C36H49BrN4O3. The molecule has 2 amide bonds. The molecule has 0 radical (unpaired) electrons. The second kappa shape index (κ2) is 16.8.